The molecule has 1 aliphatic heterocycles. The van der Waals surface area contributed by atoms with Gasteiger partial charge in [-0.1, -0.05) is 23.2 Å². The number of rotatable bonds is 7. The number of halogens is 2. The van der Waals surface area contributed by atoms with Crippen molar-refractivity contribution in [3.8, 4) is 5.75 Å². The number of carbonyl (C=O) groups excluding carboxylic acids is 2. The molecule has 28 heavy (non-hydrogen) atoms. The number of sulfone groups is 1. The molecule has 1 aromatic rings. The molecular formula is C18H21Cl2NO6S. The van der Waals surface area contributed by atoms with Crippen molar-refractivity contribution in [2.75, 3.05) is 24.7 Å². The van der Waals surface area contributed by atoms with Crippen LogP contribution in [0.2, 0.25) is 10.0 Å². The summed E-state index contributed by atoms with van der Waals surface area (Å²) in [5, 5.41) is 0.175. The van der Waals surface area contributed by atoms with Crippen LogP contribution in [-0.2, 0) is 19.4 Å². The van der Waals surface area contributed by atoms with Crippen molar-refractivity contribution >= 4 is 44.9 Å². The van der Waals surface area contributed by atoms with Crippen LogP contribution in [0, 0.1) is 0 Å². The normalized spacial score (nSPS) is 20.6. The van der Waals surface area contributed by atoms with Crippen LogP contribution in [0.5, 0.6) is 5.75 Å². The molecule has 0 radical (unpaired) electrons. The van der Waals surface area contributed by atoms with Crippen molar-refractivity contribution in [2.24, 2.45) is 0 Å². The first-order chi connectivity index (χ1) is 13.2. The van der Waals surface area contributed by atoms with Crippen molar-refractivity contribution in [3.63, 3.8) is 0 Å². The highest BCUT2D eigenvalue weighted by Crippen LogP contribution is 2.36. The first-order valence-electron chi connectivity index (χ1n) is 9.02. The average molecular weight is 450 g/mol. The van der Waals surface area contributed by atoms with E-state index in [2.05, 4.69) is 0 Å². The third kappa shape index (κ3) is 4.90. The fourth-order valence-corrected chi connectivity index (χ4v) is 5.60. The van der Waals surface area contributed by atoms with E-state index >= 15 is 0 Å². The van der Waals surface area contributed by atoms with Crippen molar-refractivity contribution < 1.29 is 27.5 Å². The first kappa shape index (κ1) is 21.2. The smallest absolute Gasteiger partial charge is 0.338 e. The number of esters is 1. The second kappa shape index (κ2) is 8.47. The minimum Gasteiger partial charge on any atom is -0.481 e. The first-order valence-corrected chi connectivity index (χ1v) is 11.6. The van der Waals surface area contributed by atoms with Gasteiger partial charge in [-0.25, -0.2) is 13.2 Å². The maximum atomic E-state index is 12.7. The van der Waals surface area contributed by atoms with Crippen molar-refractivity contribution in [3.05, 3.63) is 27.7 Å². The lowest BCUT2D eigenvalue weighted by molar-refractivity contribution is -0.135. The fraction of sp³-hybridized carbons (Fsp3) is 0.556. The predicted molar refractivity (Wildman–Crippen MR) is 105 cm³/mol. The third-order valence-electron chi connectivity index (χ3n) is 4.68. The van der Waals surface area contributed by atoms with Crippen molar-refractivity contribution in [1.29, 1.82) is 0 Å². The number of nitrogens with zero attached hydrogens (tertiary/aromatic N) is 1. The van der Waals surface area contributed by atoms with Gasteiger partial charge in [-0.05, 0) is 38.3 Å². The fourth-order valence-electron chi connectivity index (χ4n) is 3.29. The van der Waals surface area contributed by atoms with Gasteiger partial charge in [0.15, 0.2) is 22.2 Å². The Morgan fingerprint density at radius 3 is 2.29 bits per heavy atom. The maximum absolute atomic E-state index is 12.7. The predicted octanol–water partition coefficient (Wildman–Crippen LogP) is 2.73. The molecule has 0 unspecified atom stereocenters. The Balaban J connectivity index is 1.69. The van der Waals surface area contributed by atoms with Gasteiger partial charge in [0.25, 0.3) is 5.91 Å². The number of ether oxygens (including phenoxy) is 2. The summed E-state index contributed by atoms with van der Waals surface area (Å²) in [5.74, 6) is -0.672. The molecule has 2 aliphatic rings. The van der Waals surface area contributed by atoms with Crippen LogP contribution in [0.1, 0.15) is 36.5 Å². The molecule has 0 spiro atoms. The molecule has 1 amide bonds. The Morgan fingerprint density at radius 2 is 1.79 bits per heavy atom. The Hall–Kier alpha value is -1.51. The molecule has 1 aromatic carbocycles. The summed E-state index contributed by atoms with van der Waals surface area (Å²) in [6.45, 7) is 1.59. The van der Waals surface area contributed by atoms with Crippen LogP contribution < -0.4 is 4.74 Å². The Labute approximate surface area is 173 Å². The molecule has 10 heteroatoms. The van der Waals surface area contributed by atoms with Gasteiger partial charge in [-0.3, -0.25) is 4.79 Å². The van der Waals surface area contributed by atoms with Crippen molar-refractivity contribution in [2.45, 2.75) is 38.3 Å². The maximum Gasteiger partial charge on any atom is 0.338 e. The molecule has 1 atom stereocenters. The zero-order chi connectivity index (χ0) is 20.5. The number of amides is 1. The summed E-state index contributed by atoms with van der Waals surface area (Å²) in [6, 6.07) is 2.48. The van der Waals surface area contributed by atoms with Crippen LogP contribution in [0.25, 0.3) is 0 Å². The van der Waals surface area contributed by atoms with Crippen molar-refractivity contribution in [1.82, 2.24) is 4.90 Å². The molecule has 1 aliphatic carbocycles. The zero-order valence-electron chi connectivity index (χ0n) is 15.3. The molecule has 0 bridgehead atoms. The Kier molecular flexibility index (Phi) is 6.41. The Morgan fingerprint density at radius 1 is 1.14 bits per heavy atom. The van der Waals surface area contributed by atoms with E-state index in [0.717, 1.165) is 12.8 Å². The van der Waals surface area contributed by atoms with Gasteiger partial charge in [0.2, 0.25) is 0 Å². The molecule has 3 rings (SSSR count). The molecule has 1 heterocycles. The molecule has 2 fully saturated rings. The van der Waals surface area contributed by atoms with Gasteiger partial charge < -0.3 is 14.4 Å². The molecule has 0 N–H and O–H groups in total. The number of hydrogen-bond donors (Lipinski definition) is 0. The Bertz CT molecular complexity index is 861. The third-order valence-corrected chi connectivity index (χ3v) is 6.99. The molecule has 7 nitrogen and oxygen atoms in total. The minimum atomic E-state index is -3.10. The second-order valence-corrected chi connectivity index (χ2v) is 9.91. The van der Waals surface area contributed by atoms with Gasteiger partial charge >= 0.3 is 5.97 Å². The van der Waals surface area contributed by atoms with E-state index in [4.69, 9.17) is 32.7 Å². The summed E-state index contributed by atoms with van der Waals surface area (Å²) < 4.78 is 34.0. The SMILES string of the molecule is CCOC(=O)c1cc(Cl)c(OCC(=O)N(C2CC2)[C@H]2CCS(=O)(=O)C2)c(Cl)c1. The number of hydrogen-bond acceptors (Lipinski definition) is 6. The molecule has 154 valence electrons. The topological polar surface area (TPSA) is 90.0 Å². The van der Waals surface area contributed by atoms with Gasteiger partial charge in [0.1, 0.15) is 0 Å². The highest BCUT2D eigenvalue weighted by atomic mass is 35.5. The standard InChI is InChI=1S/C18H21Cl2NO6S/c1-2-26-18(23)11-7-14(19)17(15(20)8-11)27-9-16(22)21(12-3-4-12)13-5-6-28(24,25)10-13/h7-8,12-13H,2-6,9-10H2,1H3/t13-/m0/s1. The van der Waals surface area contributed by atoms with E-state index in [1.807, 2.05) is 0 Å². The largest absolute Gasteiger partial charge is 0.481 e. The average Bonchev–Trinajstić information content (AvgIpc) is 3.37. The summed E-state index contributed by atoms with van der Waals surface area (Å²) in [4.78, 5) is 26.2. The molecule has 0 aromatic heterocycles. The lowest BCUT2D eigenvalue weighted by Crippen LogP contribution is -2.45. The minimum absolute atomic E-state index is 0.00894. The van der Waals surface area contributed by atoms with Gasteiger partial charge in [0.05, 0.1) is 33.7 Å². The van der Waals surface area contributed by atoms with Crippen LogP contribution in [-0.4, -0.2) is 62.0 Å². The summed E-state index contributed by atoms with van der Waals surface area (Å²) in [5.41, 5.74) is 0.186. The van der Waals surface area contributed by atoms with E-state index in [0.29, 0.717) is 6.42 Å². The quantitative estimate of drug-likeness (QED) is 0.594. The van der Waals surface area contributed by atoms with Gasteiger partial charge in [-0.2, -0.15) is 0 Å². The van der Waals surface area contributed by atoms with E-state index in [1.165, 1.54) is 12.1 Å². The van der Waals surface area contributed by atoms with E-state index in [-0.39, 0.29) is 64.1 Å². The molecule has 1 saturated heterocycles. The monoisotopic (exact) mass is 449 g/mol. The highest BCUT2D eigenvalue weighted by molar-refractivity contribution is 7.91. The zero-order valence-corrected chi connectivity index (χ0v) is 17.6. The van der Waals surface area contributed by atoms with E-state index in [9.17, 15) is 18.0 Å². The summed E-state index contributed by atoms with van der Waals surface area (Å²) in [7, 11) is -3.10. The van der Waals surface area contributed by atoms with Crippen LogP contribution in [0.15, 0.2) is 12.1 Å². The molecule has 1 saturated carbocycles. The van der Waals surface area contributed by atoms with Crippen LogP contribution in [0.4, 0.5) is 0 Å². The molecular weight excluding hydrogens is 429 g/mol. The van der Waals surface area contributed by atoms with E-state index in [1.54, 1.807) is 11.8 Å². The lowest BCUT2D eigenvalue weighted by Gasteiger charge is -2.28. The second-order valence-electron chi connectivity index (χ2n) is 6.87. The lowest BCUT2D eigenvalue weighted by atomic mass is 10.2. The number of benzene rings is 1. The van der Waals surface area contributed by atoms with E-state index < -0.39 is 15.8 Å². The number of carbonyl (C=O) groups is 2. The summed E-state index contributed by atoms with van der Waals surface area (Å²) >= 11 is 12.3. The van der Waals surface area contributed by atoms with Gasteiger partial charge in [-0.15, -0.1) is 0 Å². The highest BCUT2D eigenvalue weighted by Gasteiger charge is 2.42. The van der Waals surface area contributed by atoms with Crippen LogP contribution >= 0.6 is 23.2 Å². The van der Waals surface area contributed by atoms with Gasteiger partial charge in [0, 0.05) is 12.1 Å². The summed E-state index contributed by atoms with van der Waals surface area (Å²) in [6.07, 6.45) is 2.16. The van der Waals surface area contributed by atoms with Crippen LogP contribution in [0.3, 0.4) is 0 Å².